The molecule has 1 aliphatic rings. The van der Waals surface area contributed by atoms with Crippen LogP contribution in [0.1, 0.15) is 17.9 Å². The predicted molar refractivity (Wildman–Crippen MR) is 115 cm³/mol. The van der Waals surface area contributed by atoms with Gasteiger partial charge in [0, 0.05) is 39.7 Å². The van der Waals surface area contributed by atoms with Gasteiger partial charge in [-0.1, -0.05) is 17.7 Å². The van der Waals surface area contributed by atoms with E-state index in [4.69, 9.17) is 16.0 Å². The third-order valence-corrected chi connectivity index (χ3v) is 6.89. The molecule has 1 aromatic heterocycles. The number of hydrogen-bond acceptors (Lipinski definition) is 6. The molecule has 4 rings (SSSR count). The second kappa shape index (κ2) is 7.65. The first-order valence-corrected chi connectivity index (χ1v) is 10.3. The van der Waals surface area contributed by atoms with Crippen molar-refractivity contribution in [2.24, 2.45) is 0 Å². The van der Waals surface area contributed by atoms with Crippen LogP contribution >= 0.6 is 27.5 Å². The molecular weight excluding hydrogens is 462 g/mol. The molecule has 2 aromatic carbocycles. The van der Waals surface area contributed by atoms with Gasteiger partial charge in [0.2, 0.25) is 0 Å². The summed E-state index contributed by atoms with van der Waals surface area (Å²) in [6.07, 6.45) is 0.667. The SMILES string of the molecule is CN1CCC(c2c(O)cc(O)c3c(=O)cc(-c4cccc(Br)c4Cl)oc23)C1CO. The molecule has 2 heterocycles. The number of likely N-dealkylation sites (tertiary alicyclic amines) is 1. The molecule has 0 aliphatic carbocycles. The standard InChI is InChI=1S/C21H19BrClNO5/c1-24-6-5-10(13(24)9-25)18-14(26)7-15(27)19-16(28)8-17(29-21(18)19)11-3-2-4-12(22)20(11)23/h2-4,7-8,10,13,25-27H,5-6,9H2,1H3. The minimum atomic E-state index is -0.442. The molecule has 0 saturated carbocycles. The van der Waals surface area contributed by atoms with Gasteiger partial charge in [0.25, 0.3) is 0 Å². The molecule has 0 radical (unpaired) electrons. The van der Waals surface area contributed by atoms with Crippen molar-refractivity contribution in [1.29, 1.82) is 0 Å². The molecule has 2 atom stereocenters. The summed E-state index contributed by atoms with van der Waals surface area (Å²) in [5.41, 5.74) is 0.588. The lowest BCUT2D eigenvalue weighted by molar-refractivity contribution is 0.172. The van der Waals surface area contributed by atoms with E-state index in [-0.39, 0.29) is 46.8 Å². The Bertz CT molecular complexity index is 1160. The number of nitrogens with zero attached hydrogens (tertiary/aromatic N) is 1. The molecule has 3 N–H and O–H groups in total. The van der Waals surface area contributed by atoms with Gasteiger partial charge in [-0.05, 0) is 48.1 Å². The number of aliphatic hydroxyl groups is 1. The lowest BCUT2D eigenvalue weighted by Gasteiger charge is -2.24. The number of hydrogen-bond donors (Lipinski definition) is 3. The van der Waals surface area contributed by atoms with Crippen LogP contribution in [0.15, 0.2) is 44.0 Å². The second-order valence-corrected chi connectivity index (χ2v) is 8.47. The van der Waals surface area contributed by atoms with Crippen molar-refractivity contribution >= 4 is 38.5 Å². The first-order valence-electron chi connectivity index (χ1n) is 9.11. The maximum absolute atomic E-state index is 12.9. The van der Waals surface area contributed by atoms with Crippen LogP contribution in [0.3, 0.4) is 0 Å². The van der Waals surface area contributed by atoms with Gasteiger partial charge >= 0.3 is 0 Å². The predicted octanol–water partition coefficient (Wildman–Crippen LogP) is 4.07. The highest BCUT2D eigenvalue weighted by molar-refractivity contribution is 9.10. The number of phenols is 2. The van der Waals surface area contributed by atoms with E-state index in [1.807, 2.05) is 11.9 Å². The van der Waals surface area contributed by atoms with E-state index >= 15 is 0 Å². The first kappa shape index (κ1) is 20.2. The van der Waals surface area contributed by atoms with E-state index in [2.05, 4.69) is 15.9 Å². The minimum Gasteiger partial charge on any atom is -0.507 e. The van der Waals surface area contributed by atoms with Gasteiger partial charge in [-0.2, -0.15) is 0 Å². The molecule has 2 unspecified atom stereocenters. The number of aliphatic hydroxyl groups excluding tert-OH is 1. The highest BCUT2D eigenvalue weighted by atomic mass is 79.9. The minimum absolute atomic E-state index is 0.00101. The summed E-state index contributed by atoms with van der Waals surface area (Å²) in [6.45, 7) is 0.615. The lowest BCUT2D eigenvalue weighted by Crippen LogP contribution is -2.32. The number of rotatable bonds is 3. The number of fused-ring (bicyclic) bond motifs is 1. The van der Waals surface area contributed by atoms with Gasteiger partial charge in [0.05, 0.1) is 11.6 Å². The summed E-state index contributed by atoms with van der Waals surface area (Å²) in [7, 11) is 1.89. The lowest BCUT2D eigenvalue weighted by atomic mass is 9.89. The summed E-state index contributed by atoms with van der Waals surface area (Å²) < 4.78 is 6.72. The average Bonchev–Trinajstić information content (AvgIpc) is 3.03. The highest BCUT2D eigenvalue weighted by Gasteiger charge is 2.36. The molecule has 152 valence electrons. The molecule has 1 fully saturated rings. The normalized spacial score (nSPS) is 19.9. The van der Waals surface area contributed by atoms with E-state index in [0.717, 1.165) is 12.6 Å². The second-order valence-electron chi connectivity index (χ2n) is 7.23. The van der Waals surface area contributed by atoms with Crippen LogP contribution in [-0.2, 0) is 0 Å². The Hall–Kier alpha value is -2.06. The fourth-order valence-corrected chi connectivity index (χ4v) is 4.70. The zero-order valence-corrected chi connectivity index (χ0v) is 17.9. The van der Waals surface area contributed by atoms with Crippen molar-refractivity contribution in [3.05, 3.63) is 55.6 Å². The number of halogens is 2. The Morgan fingerprint density at radius 3 is 2.76 bits per heavy atom. The van der Waals surface area contributed by atoms with Gasteiger partial charge in [0.1, 0.15) is 28.2 Å². The zero-order valence-electron chi connectivity index (χ0n) is 15.5. The van der Waals surface area contributed by atoms with Crippen molar-refractivity contribution in [1.82, 2.24) is 4.90 Å². The molecule has 0 spiro atoms. The Kier molecular flexibility index (Phi) is 5.33. The van der Waals surface area contributed by atoms with E-state index in [1.165, 1.54) is 6.07 Å². The van der Waals surface area contributed by atoms with Crippen LogP contribution in [0.25, 0.3) is 22.3 Å². The largest absolute Gasteiger partial charge is 0.507 e. The van der Waals surface area contributed by atoms with Crippen LogP contribution in [0, 0.1) is 0 Å². The third kappa shape index (κ3) is 3.32. The number of benzene rings is 2. The van der Waals surface area contributed by atoms with E-state index < -0.39 is 5.43 Å². The Morgan fingerprint density at radius 1 is 1.28 bits per heavy atom. The molecular formula is C21H19BrClNO5. The van der Waals surface area contributed by atoms with Crippen LogP contribution in [0.4, 0.5) is 0 Å². The molecule has 1 aliphatic heterocycles. The van der Waals surface area contributed by atoms with Crippen molar-refractivity contribution in [3.63, 3.8) is 0 Å². The van der Waals surface area contributed by atoms with Crippen LogP contribution in [0.2, 0.25) is 5.02 Å². The van der Waals surface area contributed by atoms with Crippen molar-refractivity contribution in [2.75, 3.05) is 20.2 Å². The van der Waals surface area contributed by atoms with Gasteiger partial charge < -0.3 is 24.6 Å². The van der Waals surface area contributed by atoms with E-state index in [9.17, 15) is 20.1 Å². The zero-order chi connectivity index (χ0) is 20.9. The molecule has 29 heavy (non-hydrogen) atoms. The summed E-state index contributed by atoms with van der Waals surface area (Å²) in [5.74, 6) is -0.556. The number of phenolic OH excluding ortho intramolecular Hbond substituents is 2. The summed E-state index contributed by atoms with van der Waals surface area (Å²) in [5, 5.41) is 31.2. The summed E-state index contributed by atoms with van der Waals surface area (Å²) in [6, 6.07) is 7.46. The Labute approximate surface area is 180 Å². The van der Waals surface area contributed by atoms with Crippen LogP contribution in [-0.4, -0.2) is 46.5 Å². The Morgan fingerprint density at radius 2 is 2.03 bits per heavy atom. The van der Waals surface area contributed by atoms with Gasteiger partial charge in [-0.3, -0.25) is 4.79 Å². The summed E-state index contributed by atoms with van der Waals surface area (Å²) >= 11 is 9.74. The number of likely N-dealkylation sites (N-methyl/N-ethyl adjacent to an activating group) is 1. The van der Waals surface area contributed by atoms with Crippen molar-refractivity contribution in [2.45, 2.75) is 18.4 Å². The maximum Gasteiger partial charge on any atom is 0.197 e. The van der Waals surface area contributed by atoms with Gasteiger partial charge in [0.15, 0.2) is 5.43 Å². The van der Waals surface area contributed by atoms with Crippen LogP contribution < -0.4 is 5.43 Å². The van der Waals surface area contributed by atoms with Gasteiger partial charge in [-0.25, -0.2) is 0 Å². The maximum atomic E-state index is 12.9. The quantitative estimate of drug-likeness (QED) is 0.523. The molecule has 8 heteroatoms. The highest BCUT2D eigenvalue weighted by Crippen LogP contribution is 2.44. The average molecular weight is 481 g/mol. The van der Waals surface area contributed by atoms with Crippen LogP contribution in [0.5, 0.6) is 11.5 Å². The first-order chi connectivity index (χ1) is 13.8. The van der Waals surface area contributed by atoms with Crippen molar-refractivity contribution < 1.29 is 19.7 Å². The molecule has 3 aromatic rings. The number of aromatic hydroxyl groups is 2. The summed E-state index contributed by atoms with van der Waals surface area (Å²) in [4.78, 5) is 14.9. The van der Waals surface area contributed by atoms with E-state index in [0.29, 0.717) is 27.0 Å². The Balaban J connectivity index is 2.03. The molecule has 0 amide bonds. The fourth-order valence-electron chi connectivity index (χ4n) is 4.12. The molecule has 0 bridgehead atoms. The topological polar surface area (TPSA) is 94.1 Å². The molecule has 1 saturated heterocycles. The third-order valence-electron chi connectivity index (χ3n) is 5.60. The van der Waals surface area contributed by atoms with E-state index in [1.54, 1.807) is 18.2 Å². The van der Waals surface area contributed by atoms with Crippen molar-refractivity contribution in [3.8, 4) is 22.8 Å². The fraction of sp³-hybridized carbons (Fsp3) is 0.286. The monoisotopic (exact) mass is 479 g/mol. The van der Waals surface area contributed by atoms with Gasteiger partial charge in [-0.15, -0.1) is 0 Å². The molecule has 6 nitrogen and oxygen atoms in total. The smallest absolute Gasteiger partial charge is 0.197 e.